The topological polar surface area (TPSA) is 57.6 Å². The Hall–Kier alpha value is -1.62. The van der Waals surface area contributed by atoms with Crippen LogP contribution >= 0.6 is 11.3 Å². The monoisotopic (exact) mass is 307 g/mol. The molecule has 1 fully saturated rings. The summed E-state index contributed by atoms with van der Waals surface area (Å²) >= 11 is 1.34. The van der Waals surface area contributed by atoms with Gasteiger partial charge in [-0.1, -0.05) is 20.3 Å². The van der Waals surface area contributed by atoms with E-state index in [2.05, 4.69) is 13.8 Å². The number of nitrogens with zero attached hydrogens (tertiary/aromatic N) is 1. The van der Waals surface area contributed by atoms with Gasteiger partial charge in [0, 0.05) is 24.0 Å². The lowest BCUT2D eigenvalue weighted by Gasteiger charge is -2.38. The van der Waals surface area contributed by atoms with E-state index in [9.17, 15) is 9.59 Å². The van der Waals surface area contributed by atoms with Crippen LogP contribution in [0.3, 0.4) is 0 Å². The number of likely N-dealkylation sites (tertiary alicyclic amines) is 1. The highest BCUT2D eigenvalue weighted by Crippen LogP contribution is 2.34. The van der Waals surface area contributed by atoms with Crippen LogP contribution in [0.25, 0.3) is 6.08 Å². The van der Waals surface area contributed by atoms with Crippen LogP contribution in [0.5, 0.6) is 0 Å². The SMILES string of the molecule is CCC1(C)CCN(C(=O)c2ccc(C=CC(=O)O)s2)CC1. The van der Waals surface area contributed by atoms with Crippen LogP contribution in [0.4, 0.5) is 0 Å². The number of carboxylic acid groups (broad SMARTS) is 1. The maximum absolute atomic E-state index is 12.4. The molecule has 0 aromatic carbocycles. The molecule has 0 spiro atoms. The van der Waals surface area contributed by atoms with Gasteiger partial charge in [0.05, 0.1) is 4.88 Å². The van der Waals surface area contributed by atoms with Crippen molar-refractivity contribution in [3.8, 4) is 0 Å². The standard InChI is InChI=1S/C16H21NO3S/c1-3-16(2)8-10-17(11-9-16)15(20)13-6-4-12(21-13)5-7-14(18)19/h4-7H,3,8-11H2,1-2H3,(H,18,19). The third-order valence-electron chi connectivity index (χ3n) is 4.34. The molecule has 0 radical (unpaired) electrons. The van der Waals surface area contributed by atoms with Crippen molar-refractivity contribution >= 4 is 29.3 Å². The number of carboxylic acids is 1. The van der Waals surface area contributed by atoms with Crippen molar-refractivity contribution < 1.29 is 14.7 Å². The molecule has 114 valence electrons. The second kappa shape index (κ2) is 6.43. The summed E-state index contributed by atoms with van der Waals surface area (Å²) in [6, 6.07) is 3.57. The average Bonchev–Trinajstić information content (AvgIpc) is 2.94. The minimum Gasteiger partial charge on any atom is -0.478 e. The lowest BCUT2D eigenvalue weighted by Crippen LogP contribution is -2.41. The smallest absolute Gasteiger partial charge is 0.328 e. The van der Waals surface area contributed by atoms with E-state index in [0.717, 1.165) is 43.3 Å². The van der Waals surface area contributed by atoms with E-state index in [1.54, 1.807) is 12.1 Å². The van der Waals surface area contributed by atoms with Crippen LogP contribution in [-0.2, 0) is 4.79 Å². The van der Waals surface area contributed by atoms with Gasteiger partial charge in [-0.05, 0) is 36.5 Å². The maximum atomic E-state index is 12.4. The first-order valence-corrected chi connectivity index (χ1v) is 8.05. The van der Waals surface area contributed by atoms with Crippen molar-refractivity contribution in [3.05, 3.63) is 28.0 Å². The molecular formula is C16H21NO3S. The Kier molecular flexibility index (Phi) is 4.83. The van der Waals surface area contributed by atoms with Crippen LogP contribution in [0.2, 0.25) is 0 Å². The molecule has 2 heterocycles. The number of aliphatic carboxylic acids is 1. The summed E-state index contributed by atoms with van der Waals surface area (Å²) in [6.07, 6.45) is 5.86. The van der Waals surface area contributed by atoms with Crippen molar-refractivity contribution in [2.45, 2.75) is 33.1 Å². The van der Waals surface area contributed by atoms with Crippen LogP contribution in [-0.4, -0.2) is 35.0 Å². The van der Waals surface area contributed by atoms with E-state index in [-0.39, 0.29) is 5.91 Å². The third-order valence-corrected chi connectivity index (χ3v) is 5.38. The van der Waals surface area contributed by atoms with Crippen LogP contribution < -0.4 is 0 Å². The van der Waals surface area contributed by atoms with Crippen LogP contribution in [0.15, 0.2) is 18.2 Å². The molecule has 1 aromatic heterocycles. The molecule has 0 bridgehead atoms. The highest BCUT2D eigenvalue weighted by Gasteiger charge is 2.30. The Labute approximate surface area is 129 Å². The predicted molar refractivity (Wildman–Crippen MR) is 84.5 cm³/mol. The first kappa shape index (κ1) is 15.8. The molecule has 5 heteroatoms. The minimum atomic E-state index is -0.980. The number of thiophene rings is 1. The average molecular weight is 307 g/mol. The molecule has 4 nitrogen and oxygen atoms in total. The van der Waals surface area contributed by atoms with Gasteiger partial charge in [-0.25, -0.2) is 4.79 Å². The molecule has 1 aromatic rings. The Balaban J connectivity index is 2.00. The van der Waals surface area contributed by atoms with E-state index in [1.165, 1.54) is 17.4 Å². The lowest BCUT2D eigenvalue weighted by molar-refractivity contribution is -0.131. The first-order chi connectivity index (χ1) is 9.93. The molecule has 1 aliphatic heterocycles. The molecule has 1 N–H and O–H groups in total. The summed E-state index contributed by atoms with van der Waals surface area (Å²) in [6.45, 7) is 6.11. The minimum absolute atomic E-state index is 0.0631. The van der Waals surface area contributed by atoms with E-state index in [4.69, 9.17) is 5.11 Å². The van der Waals surface area contributed by atoms with Crippen LogP contribution in [0.1, 0.15) is 47.7 Å². The number of piperidine rings is 1. The van der Waals surface area contributed by atoms with Crippen molar-refractivity contribution in [1.29, 1.82) is 0 Å². The molecule has 0 saturated carbocycles. The summed E-state index contributed by atoms with van der Waals surface area (Å²) in [4.78, 5) is 26.3. The number of amides is 1. The molecule has 0 aliphatic carbocycles. The molecule has 1 amide bonds. The fraction of sp³-hybridized carbons (Fsp3) is 0.500. The van der Waals surface area contributed by atoms with Gasteiger partial charge in [0.25, 0.3) is 5.91 Å². The first-order valence-electron chi connectivity index (χ1n) is 7.24. The van der Waals surface area contributed by atoms with Crippen molar-refractivity contribution in [2.24, 2.45) is 5.41 Å². The van der Waals surface area contributed by atoms with Crippen molar-refractivity contribution in [3.63, 3.8) is 0 Å². The van der Waals surface area contributed by atoms with Gasteiger partial charge in [0.1, 0.15) is 0 Å². The Bertz CT molecular complexity index is 554. The van der Waals surface area contributed by atoms with E-state index >= 15 is 0 Å². The zero-order valence-corrected chi connectivity index (χ0v) is 13.3. The summed E-state index contributed by atoms with van der Waals surface area (Å²) in [5.41, 5.74) is 0.363. The normalized spacial score (nSPS) is 18.1. The molecule has 1 saturated heterocycles. The van der Waals surface area contributed by atoms with E-state index in [1.807, 2.05) is 4.90 Å². The zero-order valence-electron chi connectivity index (χ0n) is 12.5. The van der Waals surface area contributed by atoms with Gasteiger partial charge >= 0.3 is 5.97 Å². The number of carbonyl (C=O) groups excluding carboxylic acids is 1. The largest absolute Gasteiger partial charge is 0.478 e. The second-order valence-electron chi connectivity index (χ2n) is 5.83. The van der Waals surface area contributed by atoms with Gasteiger partial charge in [0.15, 0.2) is 0 Å². The molecule has 0 atom stereocenters. The Morgan fingerprint density at radius 1 is 1.38 bits per heavy atom. The van der Waals surface area contributed by atoms with Crippen LogP contribution in [0, 0.1) is 5.41 Å². The quantitative estimate of drug-likeness (QED) is 0.866. The van der Waals surface area contributed by atoms with Gasteiger partial charge in [0.2, 0.25) is 0 Å². The Morgan fingerprint density at radius 2 is 2.05 bits per heavy atom. The summed E-state index contributed by atoms with van der Waals surface area (Å²) in [5.74, 6) is -0.917. The lowest BCUT2D eigenvalue weighted by atomic mass is 9.78. The van der Waals surface area contributed by atoms with Gasteiger partial charge in [-0.3, -0.25) is 4.79 Å². The molecule has 2 rings (SSSR count). The van der Waals surface area contributed by atoms with E-state index in [0.29, 0.717) is 10.3 Å². The fourth-order valence-corrected chi connectivity index (χ4v) is 3.35. The second-order valence-corrected chi connectivity index (χ2v) is 6.95. The van der Waals surface area contributed by atoms with Crippen molar-refractivity contribution in [2.75, 3.05) is 13.1 Å². The molecule has 0 unspecified atom stereocenters. The van der Waals surface area contributed by atoms with E-state index < -0.39 is 5.97 Å². The van der Waals surface area contributed by atoms with Gasteiger partial charge in [-0.2, -0.15) is 0 Å². The number of rotatable bonds is 4. The molecular weight excluding hydrogens is 286 g/mol. The van der Waals surface area contributed by atoms with Crippen molar-refractivity contribution in [1.82, 2.24) is 4.90 Å². The highest BCUT2D eigenvalue weighted by molar-refractivity contribution is 7.14. The molecule has 21 heavy (non-hydrogen) atoms. The fourth-order valence-electron chi connectivity index (χ4n) is 2.47. The number of hydrogen-bond donors (Lipinski definition) is 1. The summed E-state index contributed by atoms with van der Waals surface area (Å²) < 4.78 is 0. The van der Waals surface area contributed by atoms with Gasteiger partial charge in [-0.15, -0.1) is 11.3 Å². The highest BCUT2D eigenvalue weighted by atomic mass is 32.1. The summed E-state index contributed by atoms with van der Waals surface area (Å²) in [7, 11) is 0. The predicted octanol–water partition coefficient (Wildman–Crippen LogP) is 3.50. The maximum Gasteiger partial charge on any atom is 0.328 e. The number of carbonyl (C=O) groups is 2. The van der Waals surface area contributed by atoms with Gasteiger partial charge < -0.3 is 10.0 Å². The molecule has 1 aliphatic rings. The summed E-state index contributed by atoms with van der Waals surface area (Å²) in [5, 5.41) is 8.61. The Morgan fingerprint density at radius 3 is 2.62 bits per heavy atom. The third kappa shape index (κ3) is 3.94. The zero-order chi connectivity index (χ0) is 15.5. The number of hydrogen-bond acceptors (Lipinski definition) is 3.